The molecule has 0 unspecified atom stereocenters. The zero-order valence-corrected chi connectivity index (χ0v) is 12.1. The van der Waals surface area contributed by atoms with Crippen LogP contribution < -0.4 is 16.4 Å². The molecule has 2 atom stereocenters. The molecule has 0 heterocycles. The van der Waals surface area contributed by atoms with Gasteiger partial charge in [0.15, 0.2) is 0 Å². The van der Waals surface area contributed by atoms with E-state index in [1.807, 2.05) is 49.4 Å². The van der Waals surface area contributed by atoms with Crippen LogP contribution in [-0.4, -0.2) is 18.0 Å². The standard InChI is InChI=1S/C16H19N3O2/c1-10(18-15(20)11(2)19-16(17)21)13-8-7-12-5-3-4-6-14(12)9-13/h3-11H,1-2H3,(H,18,20)(H3,17,19,21)/t10-,11+/m1/s1. The van der Waals surface area contributed by atoms with Crippen LogP contribution in [0, 0.1) is 0 Å². The van der Waals surface area contributed by atoms with Crippen molar-refractivity contribution >= 4 is 22.7 Å². The van der Waals surface area contributed by atoms with Crippen LogP contribution in [0.1, 0.15) is 25.5 Å². The van der Waals surface area contributed by atoms with Gasteiger partial charge < -0.3 is 16.4 Å². The first kappa shape index (κ1) is 14.8. The van der Waals surface area contributed by atoms with Gasteiger partial charge in [-0.1, -0.05) is 36.4 Å². The minimum atomic E-state index is -0.712. The monoisotopic (exact) mass is 285 g/mol. The molecule has 5 nitrogen and oxygen atoms in total. The SMILES string of the molecule is C[C@H](NC(N)=O)C(=O)N[C@H](C)c1ccc2ccccc2c1. The lowest BCUT2D eigenvalue weighted by Gasteiger charge is -2.18. The highest BCUT2D eigenvalue weighted by atomic mass is 16.2. The molecule has 0 aliphatic rings. The number of nitrogens with one attached hydrogen (secondary N) is 2. The van der Waals surface area contributed by atoms with Crippen molar-refractivity contribution in [2.24, 2.45) is 5.73 Å². The van der Waals surface area contributed by atoms with Crippen LogP contribution >= 0.6 is 0 Å². The molecule has 0 saturated heterocycles. The van der Waals surface area contributed by atoms with E-state index in [-0.39, 0.29) is 11.9 Å². The zero-order valence-electron chi connectivity index (χ0n) is 12.1. The maximum Gasteiger partial charge on any atom is 0.312 e. The maximum absolute atomic E-state index is 11.9. The van der Waals surface area contributed by atoms with Crippen LogP contribution in [0.15, 0.2) is 42.5 Å². The number of hydrogen-bond donors (Lipinski definition) is 3. The predicted molar refractivity (Wildman–Crippen MR) is 82.7 cm³/mol. The van der Waals surface area contributed by atoms with E-state index in [2.05, 4.69) is 10.6 Å². The zero-order chi connectivity index (χ0) is 15.4. The number of amides is 3. The Bertz CT molecular complexity index is 669. The highest BCUT2D eigenvalue weighted by Crippen LogP contribution is 2.20. The molecule has 21 heavy (non-hydrogen) atoms. The normalized spacial score (nSPS) is 13.4. The Balaban J connectivity index is 2.09. The molecule has 4 N–H and O–H groups in total. The van der Waals surface area contributed by atoms with Crippen LogP contribution in [-0.2, 0) is 4.79 Å². The molecule has 0 aromatic heterocycles. The van der Waals surface area contributed by atoms with Crippen LogP contribution in [0.5, 0.6) is 0 Å². The van der Waals surface area contributed by atoms with E-state index < -0.39 is 12.1 Å². The van der Waals surface area contributed by atoms with Crippen molar-refractivity contribution in [1.82, 2.24) is 10.6 Å². The first-order valence-electron chi connectivity index (χ1n) is 6.82. The second-order valence-corrected chi connectivity index (χ2v) is 5.07. The Morgan fingerprint density at radius 2 is 1.67 bits per heavy atom. The first-order valence-corrected chi connectivity index (χ1v) is 6.82. The Kier molecular flexibility index (Phi) is 4.42. The largest absolute Gasteiger partial charge is 0.352 e. The average Bonchev–Trinajstić information content (AvgIpc) is 2.45. The van der Waals surface area contributed by atoms with Crippen molar-refractivity contribution in [3.63, 3.8) is 0 Å². The van der Waals surface area contributed by atoms with Crippen LogP contribution in [0.4, 0.5) is 4.79 Å². The molecular formula is C16H19N3O2. The third kappa shape index (κ3) is 3.72. The van der Waals surface area contributed by atoms with E-state index >= 15 is 0 Å². The predicted octanol–water partition coefficient (Wildman–Crippen LogP) is 2.07. The third-order valence-electron chi connectivity index (χ3n) is 3.38. The number of rotatable bonds is 4. The number of carbonyl (C=O) groups is 2. The summed E-state index contributed by atoms with van der Waals surface area (Å²) >= 11 is 0. The highest BCUT2D eigenvalue weighted by molar-refractivity contribution is 5.87. The van der Waals surface area contributed by atoms with Gasteiger partial charge in [-0.15, -0.1) is 0 Å². The molecule has 0 radical (unpaired) electrons. The fourth-order valence-corrected chi connectivity index (χ4v) is 2.18. The van der Waals surface area contributed by atoms with E-state index in [1.165, 1.54) is 0 Å². The summed E-state index contributed by atoms with van der Waals surface area (Å²) in [7, 11) is 0. The van der Waals surface area contributed by atoms with E-state index in [9.17, 15) is 9.59 Å². The summed E-state index contributed by atoms with van der Waals surface area (Å²) in [6, 6.07) is 12.6. The van der Waals surface area contributed by atoms with Gasteiger partial charge in [-0.3, -0.25) is 4.79 Å². The Hall–Kier alpha value is -2.56. The molecule has 2 aromatic rings. The van der Waals surface area contributed by atoms with Crippen molar-refractivity contribution in [1.29, 1.82) is 0 Å². The van der Waals surface area contributed by atoms with Gasteiger partial charge in [-0.2, -0.15) is 0 Å². The fraction of sp³-hybridized carbons (Fsp3) is 0.250. The van der Waals surface area contributed by atoms with Gasteiger partial charge in [0.1, 0.15) is 6.04 Å². The van der Waals surface area contributed by atoms with Gasteiger partial charge >= 0.3 is 6.03 Å². The average molecular weight is 285 g/mol. The smallest absolute Gasteiger partial charge is 0.312 e. The molecule has 0 aliphatic carbocycles. The lowest BCUT2D eigenvalue weighted by atomic mass is 10.0. The number of nitrogens with two attached hydrogens (primary N) is 1. The second-order valence-electron chi connectivity index (χ2n) is 5.07. The van der Waals surface area contributed by atoms with Gasteiger partial charge in [-0.05, 0) is 36.2 Å². The molecular weight excluding hydrogens is 266 g/mol. The summed E-state index contributed by atoms with van der Waals surface area (Å²) in [5, 5.41) is 7.49. The summed E-state index contributed by atoms with van der Waals surface area (Å²) in [4.78, 5) is 22.7. The third-order valence-corrected chi connectivity index (χ3v) is 3.38. The Labute approximate surface area is 123 Å². The molecule has 2 aromatic carbocycles. The minimum absolute atomic E-state index is 0.153. The summed E-state index contributed by atoms with van der Waals surface area (Å²) in [5.41, 5.74) is 6.01. The Morgan fingerprint density at radius 1 is 1.00 bits per heavy atom. The van der Waals surface area contributed by atoms with Gasteiger partial charge in [0.2, 0.25) is 5.91 Å². The van der Waals surface area contributed by atoms with E-state index in [4.69, 9.17) is 5.73 Å². The highest BCUT2D eigenvalue weighted by Gasteiger charge is 2.17. The molecule has 0 fully saturated rings. The van der Waals surface area contributed by atoms with Crippen LogP contribution in [0.25, 0.3) is 10.8 Å². The Morgan fingerprint density at radius 3 is 2.33 bits per heavy atom. The molecule has 110 valence electrons. The quantitative estimate of drug-likeness (QED) is 0.803. The summed E-state index contributed by atoms with van der Waals surface area (Å²) in [6.45, 7) is 3.49. The lowest BCUT2D eigenvalue weighted by Crippen LogP contribution is -2.47. The number of hydrogen-bond acceptors (Lipinski definition) is 2. The van der Waals surface area contributed by atoms with Crippen molar-refractivity contribution in [2.45, 2.75) is 25.9 Å². The van der Waals surface area contributed by atoms with Crippen molar-refractivity contribution in [2.75, 3.05) is 0 Å². The van der Waals surface area contributed by atoms with Crippen LogP contribution in [0.2, 0.25) is 0 Å². The topological polar surface area (TPSA) is 84.2 Å². The molecule has 0 bridgehead atoms. The lowest BCUT2D eigenvalue weighted by molar-refractivity contribution is -0.123. The number of urea groups is 1. The van der Waals surface area contributed by atoms with Gasteiger partial charge in [-0.25, -0.2) is 4.79 Å². The molecule has 3 amide bonds. The first-order chi connectivity index (χ1) is 9.97. The van der Waals surface area contributed by atoms with E-state index in [0.29, 0.717) is 0 Å². The minimum Gasteiger partial charge on any atom is -0.352 e. The van der Waals surface area contributed by atoms with Crippen molar-refractivity contribution in [3.05, 3.63) is 48.0 Å². The number of benzene rings is 2. The molecule has 0 saturated carbocycles. The van der Waals surface area contributed by atoms with Crippen molar-refractivity contribution in [3.8, 4) is 0 Å². The fourth-order valence-electron chi connectivity index (χ4n) is 2.18. The summed E-state index contributed by atoms with van der Waals surface area (Å²) in [5.74, 6) is -0.269. The molecule has 2 rings (SSSR count). The van der Waals surface area contributed by atoms with Gasteiger partial charge in [0, 0.05) is 0 Å². The van der Waals surface area contributed by atoms with Crippen molar-refractivity contribution < 1.29 is 9.59 Å². The summed E-state index contributed by atoms with van der Waals surface area (Å²) in [6.07, 6.45) is 0. The van der Waals surface area contributed by atoms with E-state index in [1.54, 1.807) is 6.92 Å². The maximum atomic E-state index is 11.9. The van der Waals surface area contributed by atoms with Crippen LogP contribution in [0.3, 0.4) is 0 Å². The molecule has 0 aliphatic heterocycles. The second kappa shape index (κ2) is 6.26. The van der Waals surface area contributed by atoms with Gasteiger partial charge in [0.25, 0.3) is 0 Å². The van der Waals surface area contributed by atoms with Gasteiger partial charge in [0.05, 0.1) is 6.04 Å². The van der Waals surface area contributed by atoms with E-state index in [0.717, 1.165) is 16.3 Å². The molecule has 0 spiro atoms. The number of fused-ring (bicyclic) bond motifs is 1. The molecule has 5 heteroatoms. The number of primary amides is 1. The summed E-state index contributed by atoms with van der Waals surface area (Å²) < 4.78 is 0. The number of carbonyl (C=O) groups excluding carboxylic acids is 2.